The van der Waals surface area contributed by atoms with E-state index in [9.17, 15) is 0 Å². The van der Waals surface area contributed by atoms with Gasteiger partial charge in [-0.25, -0.2) is 15.0 Å². The molecule has 7 heteroatoms. The van der Waals surface area contributed by atoms with Gasteiger partial charge in [0.2, 0.25) is 5.78 Å². The number of aromatic nitrogens is 6. The molecule has 0 aliphatic carbocycles. The molecule has 0 fully saturated rings. The molecule has 282 valence electrons. The van der Waals surface area contributed by atoms with Gasteiger partial charge in [0.1, 0.15) is 11.6 Å². The zero-order valence-electron chi connectivity index (χ0n) is 32.5. The summed E-state index contributed by atoms with van der Waals surface area (Å²) in [6.45, 7) is 0. The van der Waals surface area contributed by atoms with Crippen molar-refractivity contribution in [1.29, 1.82) is 0 Å². The Kier molecular flexibility index (Phi) is 7.76. The first-order valence-electron chi connectivity index (χ1n) is 20.3. The van der Waals surface area contributed by atoms with Gasteiger partial charge in [-0.2, -0.15) is 0 Å². The van der Waals surface area contributed by atoms with Crippen LogP contribution in [0.4, 0.5) is 0 Å². The molecule has 0 N–H and O–H groups in total. The Balaban J connectivity index is 1.13. The SMILES string of the molecule is c1ccc([Si](c2ccccc2)(c2ccccc2)c2ccc(-c3nc(-n4c5ccccc5c5ccccc54)cc(-n4c5ccccc5n5c6ccccc6nc45)n3)cc2)cc1. The van der Waals surface area contributed by atoms with Gasteiger partial charge in [0, 0.05) is 22.4 Å². The van der Waals surface area contributed by atoms with Crippen LogP contribution in [-0.4, -0.2) is 36.6 Å². The van der Waals surface area contributed by atoms with E-state index in [-0.39, 0.29) is 0 Å². The first kappa shape index (κ1) is 34.2. The van der Waals surface area contributed by atoms with Gasteiger partial charge in [-0.1, -0.05) is 176 Å². The Labute approximate surface area is 346 Å². The fourth-order valence-electron chi connectivity index (χ4n) is 9.46. The molecular formula is C53H36N6Si. The van der Waals surface area contributed by atoms with E-state index in [1.54, 1.807) is 0 Å². The highest BCUT2D eigenvalue weighted by molar-refractivity contribution is 7.19. The Morgan fingerprint density at radius 3 is 1.33 bits per heavy atom. The highest BCUT2D eigenvalue weighted by atomic mass is 28.3. The third-order valence-electron chi connectivity index (χ3n) is 12.0. The average Bonchev–Trinajstić information content (AvgIpc) is 3.98. The Hall–Kier alpha value is -7.87. The van der Waals surface area contributed by atoms with Crippen LogP contribution in [0, 0.1) is 0 Å². The maximum Gasteiger partial charge on any atom is 0.221 e. The van der Waals surface area contributed by atoms with E-state index >= 15 is 0 Å². The zero-order valence-corrected chi connectivity index (χ0v) is 33.5. The minimum absolute atomic E-state index is 0.634. The minimum Gasteiger partial charge on any atom is -0.294 e. The average molecular weight is 785 g/mol. The fourth-order valence-corrected chi connectivity index (χ4v) is 14.2. The minimum atomic E-state index is -2.73. The number of rotatable bonds is 7. The molecule has 12 aromatic rings. The molecule has 4 heterocycles. The maximum atomic E-state index is 5.45. The van der Waals surface area contributed by atoms with Crippen LogP contribution in [0.25, 0.3) is 72.7 Å². The van der Waals surface area contributed by atoms with Gasteiger partial charge in [0.05, 0.1) is 33.1 Å². The molecule has 8 aromatic carbocycles. The number of nitrogens with zero attached hydrogens (tertiary/aromatic N) is 6. The molecule has 0 atom stereocenters. The Morgan fingerprint density at radius 2 is 0.767 bits per heavy atom. The summed E-state index contributed by atoms with van der Waals surface area (Å²) in [5, 5.41) is 7.64. The number of benzene rings is 8. The molecule has 0 bridgehead atoms. The first-order chi connectivity index (χ1) is 29.8. The second-order valence-corrected chi connectivity index (χ2v) is 19.1. The molecule has 0 unspecified atom stereocenters. The van der Waals surface area contributed by atoms with Crippen molar-refractivity contribution < 1.29 is 0 Å². The second-order valence-electron chi connectivity index (χ2n) is 15.3. The molecule has 6 nitrogen and oxygen atoms in total. The first-order valence-corrected chi connectivity index (χ1v) is 22.3. The molecular weight excluding hydrogens is 749 g/mol. The highest BCUT2D eigenvalue weighted by Gasteiger charge is 2.41. The predicted octanol–water partition coefficient (Wildman–Crippen LogP) is 9.36. The van der Waals surface area contributed by atoms with Crippen LogP contribution < -0.4 is 20.7 Å². The van der Waals surface area contributed by atoms with Crippen molar-refractivity contribution in [3.8, 4) is 23.0 Å². The topological polar surface area (TPSA) is 52.9 Å². The monoisotopic (exact) mass is 784 g/mol. The van der Waals surface area contributed by atoms with Gasteiger partial charge < -0.3 is 0 Å². The third kappa shape index (κ3) is 5.09. The van der Waals surface area contributed by atoms with Gasteiger partial charge in [-0.05, 0) is 57.1 Å². The number of para-hydroxylation sites is 6. The lowest BCUT2D eigenvalue weighted by atomic mass is 10.2. The van der Waals surface area contributed by atoms with E-state index < -0.39 is 8.07 Å². The summed E-state index contributed by atoms with van der Waals surface area (Å²) < 4.78 is 6.70. The molecule has 0 amide bonds. The molecule has 0 saturated carbocycles. The van der Waals surface area contributed by atoms with E-state index in [0.717, 1.165) is 56.1 Å². The van der Waals surface area contributed by atoms with E-state index in [4.69, 9.17) is 15.0 Å². The molecule has 12 rings (SSSR count). The molecule has 0 radical (unpaired) electrons. The van der Waals surface area contributed by atoms with Crippen molar-refractivity contribution in [2.24, 2.45) is 0 Å². The summed E-state index contributed by atoms with van der Waals surface area (Å²) in [4.78, 5) is 16.1. The largest absolute Gasteiger partial charge is 0.294 e. The molecule has 0 aliphatic rings. The number of imidazole rings is 2. The molecule has 0 saturated heterocycles. The summed E-state index contributed by atoms with van der Waals surface area (Å²) >= 11 is 0. The normalized spacial score (nSPS) is 12.0. The quantitative estimate of drug-likeness (QED) is 0.120. The predicted molar refractivity (Wildman–Crippen MR) is 249 cm³/mol. The van der Waals surface area contributed by atoms with Crippen LogP contribution in [0.2, 0.25) is 0 Å². The van der Waals surface area contributed by atoms with Gasteiger partial charge in [-0.15, -0.1) is 0 Å². The molecule has 0 aliphatic heterocycles. The van der Waals surface area contributed by atoms with Gasteiger partial charge in [0.15, 0.2) is 13.9 Å². The number of hydrogen-bond acceptors (Lipinski definition) is 3. The highest BCUT2D eigenvalue weighted by Crippen LogP contribution is 2.34. The van der Waals surface area contributed by atoms with Crippen LogP contribution in [-0.2, 0) is 0 Å². The van der Waals surface area contributed by atoms with Crippen LogP contribution in [0.3, 0.4) is 0 Å². The lowest BCUT2D eigenvalue weighted by Gasteiger charge is -2.34. The van der Waals surface area contributed by atoms with Crippen molar-refractivity contribution in [3.05, 3.63) is 218 Å². The van der Waals surface area contributed by atoms with E-state index in [0.29, 0.717) is 5.82 Å². The smallest absolute Gasteiger partial charge is 0.221 e. The standard InChI is InChI=1S/C53H36N6Si/c1-4-18-38(19-5-1)60(39-20-6-2-7-21-39,40-22-8-3-9-23-40)41-34-32-37(33-35-41)52-55-50(57-45-27-13-10-24-42(45)43-25-11-14-28-46(43)57)36-51(56-52)59-49-31-17-16-30-48(49)58-47-29-15-12-26-44(47)54-53(58)59/h1-36H. The lowest BCUT2D eigenvalue weighted by Crippen LogP contribution is -2.74. The van der Waals surface area contributed by atoms with Gasteiger partial charge in [-0.3, -0.25) is 13.5 Å². The van der Waals surface area contributed by atoms with Crippen LogP contribution in [0.1, 0.15) is 0 Å². The maximum absolute atomic E-state index is 5.45. The zero-order chi connectivity index (χ0) is 39.6. The molecule has 60 heavy (non-hydrogen) atoms. The Morgan fingerprint density at radius 1 is 0.333 bits per heavy atom. The van der Waals surface area contributed by atoms with Crippen molar-refractivity contribution in [2.45, 2.75) is 0 Å². The van der Waals surface area contributed by atoms with Crippen LogP contribution in [0.5, 0.6) is 0 Å². The van der Waals surface area contributed by atoms with Crippen LogP contribution >= 0.6 is 0 Å². The van der Waals surface area contributed by atoms with Gasteiger partial charge in [0.25, 0.3) is 0 Å². The third-order valence-corrected chi connectivity index (χ3v) is 16.8. The second kappa shape index (κ2) is 13.6. The summed E-state index contributed by atoms with van der Waals surface area (Å²) in [5.41, 5.74) is 7.17. The van der Waals surface area contributed by atoms with Crippen molar-refractivity contribution in [1.82, 2.24) is 28.5 Å². The van der Waals surface area contributed by atoms with Crippen molar-refractivity contribution >= 4 is 78.5 Å². The Bertz CT molecular complexity index is 3390. The number of hydrogen-bond donors (Lipinski definition) is 0. The van der Waals surface area contributed by atoms with Crippen LogP contribution in [0.15, 0.2) is 218 Å². The van der Waals surface area contributed by atoms with E-state index in [1.165, 1.54) is 31.5 Å². The number of fused-ring (bicyclic) bond motifs is 8. The van der Waals surface area contributed by atoms with Crippen molar-refractivity contribution in [2.75, 3.05) is 0 Å². The lowest BCUT2D eigenvalue weighted by molar-refractivity contribution is 0.980. The van der Waals surface area contributed by atoms with Crippen molar-refractivity contribution in [3.63, 3.8) is 0 Å². The fraction of sp³-hybridized carbons (Fsp3) is 0. The summed E-state index contributed by atoms with van der Waals surface area (Å²) in [5.74, 6) is 2.96. The summed E-state index contributed by atoms with van der Waals surface area (Å²) in [6, 6.07) is 78.2. The van der Waals surface area contributed by atoms with E-state index in [2.05, 4.69) is 226 Å². The van der Waals surface area contributed by atoms with E-state index in [1.807, 2.05) is 6.07 Å². The van der Waals surface area contributed by atoms with Gasteiger partial charge >= 0.3 is 0 Å². The molecule has 4 aromatic heterocycles. The summed E-state index contributed by atoms with van der Waals surface area (Å²) in [6.07, 6.45) is 0. The molecule has 0 spiro atoms. The summed E-state index contributed by atoms with van der Waals surface area (Å²) in [7, 11) is -2.73.